The Labute approximate surface area is 92.7 Å². The van der Waals surface area contributed by atoms with Gasteiger partial charge in [0.05, 0.1) is 6.61 Å². The molecule has 0 unspecified atom stereocenters. The molecule has 0 aliphatic heterocycles. The summed E-state index contributed by atoms with van der Waals surface area (Å²) >= 11 is 0.869. The SMILES string of the molecule is O=C(c1csnn1)N(CCO)CC(F)(F)F. The Balaban J connectivity index is 2.74. The van der Waals surface area contributed by atoms with E-state index in [1.165, 1.54) is 5.38 Å². The zero-order chi connectivity index (χ0) is 12.2. The molecule has 90 valence electrons. The van der Waals surface area contributed by atoms with E-state index in [-0.39, 0.29) is 5.69 Å². The molecule has 1 amide bonds. The van der Waals surface area contributed by atoms with Crippen molar-refractivity contribution in [1.29, 1.82) is 0 Å². The van der Waals surface area contributed by atoms with E-state index in [9.17, 15) is 18.0 Å². The van der Waals surface area contributed by atoms with E-state index in [0.717, 1.165) is 11.5 Å². The van der Waals surface area contributed by atoms with Crippen LogP contribution in [0.1, 0.15) is 10.5 Å². The van der Waals surface area contributed by atoms with Crippen LogP contribution in [0.2, 0.25) is 0 Å². The van der Waals surface area contributed by atoms with Gasteiger partial charge < -0.3 is 10.0 Å². The molecule has 0 spiro atoms. The summed E-state index contributed by atoms with van der Waals surface area (Å²) in [6, 6.07) is 0. The smallest absolute Gasteiger partial charge is 0.395 e. The van der Waals surface area contributed by atoms with Crippen LogP contribution in [0.25, 0.3) is 0 Å². The Morgan fingerprint density at radius 2 is 2.25 bits per heavy atom. The molecule has 0 aliphatic rings. The molecule has 0 aromatic carbocycles. The van der Waals surface area contributed by atoms with E-state index < -0.39 is 31.8 Å². The lowest BCUT2D eigenvalue weighted by Crippen LogP contribution is -2.40. The summed E-state index contributed by atoms with van der Waals surface area (Å²) in [7, 11) is 0. The topological polar surface area (TPSA) is 66.3 Å². The lowest BCUT2D eigenvalue weighted by atomic mass is 10.3. The standard InChI is InChI=1S/C7H8F3N3O2S/c8-7(9,10)4-13(1-2-14)6(15)5-3-16-12-11-5/h3,14H,1-2,4H2. The highest BCUT2D eigenvalue weighted by atomic mass is 32.1. The van der Waals surface area contributed by atoms with Crippen molar-refractivity contribution >= 4 is 17.4 Å². The van der Waals surface area contributed by atoms with Crippen molar-refractivity contribution in [3.8, 4) is 0 Å². The second-order valence-electron chi connectivity index (χ2n) is 2.86. The maximum Gasteiger partial charge on any atom is 0.406 e. The zero-order valence-electron chi connectivity index (χ0n) is 7.94. The van der Waals surface area contributed by atoms with Gasteiger partial charge in [0.15, 0.2) is 5.69 Å². The maximum absolute atomic E-state index is 12.1. The summed E-state index contributed by atoms with van der Waals surface area (Å²) in [5.74, 6) is -0.889. The van der Waals surface area contributed by atoms with Crippen LogP contribution in [-0.2, 0) is 0 Å². The van der Waals surface area contributed by atoms with Gasteiger partial charge in [0.25, 0.3) is 5.91 Å². The van der Waals surface area contributed by atoms with Gasteiger partial charge in [-0.15, -0.1) is 5.10 Å². The first-order valence-electron chi connectivity index (χ1n) is 4.18. The number of alkyl halides is 3. The van der Waals surface area contributed by atoms with Crippen LogP contribution < -0.4 is 0 Å². The highest BCUT2D eigenvalue weighted by molar-refractivity contribution is 7.03. The normalized spacial score (nSPS) is 11.5. The Kier molecular flexibility index (Phi) is 4.19. The molecule has 0 radical (unpaired) electrons. The average molecular weight is 255 g/mol. The summed E-state index contributed by atoms with van der Waals surface area (Å²) < 4.78 is 39.7. The number of aliphatic hydroxyl groups is 1. The first kappa shape index (κ1) is 12.8. The number of aromatic nitrogens is 2. The number of halogens is 3. The van der Waals surface area contributed by atoms with Crippen molar-refractivity contribution in [1.82, 2.24) is 14.5 Å². The van der Waals surface area contributed by atoms with Crippen molar-refractivity contribution in [3.05, 3.63) is 11.1 Å². The summed E-state index contributed by atoms with van der Waals surface area (Å²) in [6.45, 7) is -2.35. The van der Waals surface area contributed by atoms with E-state index in [2.05, 4.69) is 9.59 Å². The largest absolute Gasteiger partial charge is 0.406 e. The summed E-state index contributed by atoms with van der Waals surface area (Å²) in [5.41, 5.74) is -0.150. The molecular weight excluding hydrogens is 247 g/mol. The lowest BCUT2D eigenvalue weighted by Gasteiger charge is -2.21. The molecule has 0 atom stereocenters. The molecule has 1 aromatic rings. The molecule has 0 fully saturated rings. The number of amides is 1. The van der Waals surface area contributed by atoms with Crippen molar-refractivity contribution < 1.29 is 23.1 Å². The van der Waals surface area contributed by atoms with E-state index in [4.69, 9.17) is 5.11 Å². The predicted molar refractivity (Wildman–Crippen MR) is 49.0 cm³/mol. The number of carbonyl (C=O) groups is 1. The summed E-state index contributed by atoms with van der Waals surface area (Å²) in [4.78, 5) is 12.0. The van der Waals surface area contributed by atoms with Gasteiger partial charge in [-0.05, 0) is 11.5 Å². The van der Waals surface area contributed by atoms with Crippen LogP contribution in [0, 0.1) is 0 Å². The molecule has 1 heterocycles. The molecule has 1 rings (SSSR count). The average Bonchev–Trinajstić information content (AvgIpc) is 2.66. The summed E-state index contributed by atoms with van der Waals surface area (Å²) in [5, 5.41) is 13.2. The molecular formula is C7H8F3N3O2S. The Morgan fingerprint density at radius 1 is 1.56 bits per heavy atom. The highest BCUT2D eigenvalue weighted by Gasteiger charge is 2.33. The first-order valence-corrected chi connectivity index (χ1v) is 5.01. The molecule has 0 aliphatic carbocycles. The van der Waals surface area contributed by atoms with Crippen molar-refractivity contribution in [2.75, 3.05) is 19.7 Å². The van der Waals surface area contributed by atoms with E-state index in [0.29, 0.717) is 4.90 Å². The van der Waals surface area contributed by atoms with Gasteiger partial charge in [0.1, 0.15) is 6.54 Å². The van der Waals surface area contributed by atoms with Gasteiger partial charge in [0.2, 0.25) is 0 Å². The monoisotopic (exact) mass is 255 g/mol. The molecule has 16 heavy (non-hydrogen) atoms. The third kappa shape index (κ3) is 3.74. The fourth-order valence-corrected chi connectivity index (χ4v) is 1.44. The Morgan fingerprint density at radius 3 is 2.69 bits per heavy atom. The van der Waals surface area contributed by atoms with Crippen LogP contribution in [0.3, 0.4) is 0 Å². The number of rotatable bonds is 4. The fourth-order valence-electron chi connectivity index (χ4n) is 1.01. The van der Waals surface area contributed by atoms with Gasteiger partial charge in [-0.25, -0.2) is 0 Å². The minimum atomic E-state index is -4.51. The number of hydrogen-bond acceptors (Lipinski definition) is 5. The maximum atomic E-state index is 12.1. The van der Waals surface area contributed by atoms with E-state index >= 15 is 0 Å². The Hall–Kier alpha value is -1.22. The first-order chi connectivity index (χ1) is 7.44. The molecule has 0 bridgehead atoms. The van der Waals surface area contributed by atoms with E-state index in [1.54, 1.807) is 0 Å². The van der Waals surface area contributed by atoms with Crippen molar-refractivity contribution in [3.63, 3.8) is 0 Å². The van der Waals surface area contributed by atoms with Crippen LogP contribution in [-0.4, -0.2) is 51.4 Å². The number of carbonyl (C=O) groups excluding carboxylic acids is 1. The van der Waals surface area contributed by atoms with Crippen LogP contribution >= 0.6 is 11.5 Å². The highest BCUT2D eigenvalue weighted by Crippen LogP contribution is 2.17. The van der Waals surface area contributed by atoms with Crippen LogP contribution in [0.4, 0.5) is 13.2 Å². The van der Waals surface area contributed by atoms with Gasteiger partial charge >= 0.3 is 6.18 Å². The fraction of sp³-hybridized carbons (Fsp3) is 0.571. The van der Waals surface area contributed by atoms with Gasteiger partial charge in [-0.3, -0.25) is 4.79 Å². The number of aliphatic hydroxyl groups excluding tert-OH is 1. The minimum absolute atomic E-state index is 0.150. The van der Waals surface area contributed by atoms with Crippen LogP contribution in [0.15, 0.2) is 5.38 Å². The van der Waals surface area contributed by atoms with Crippen molar-refractivity contribution in [2.45, 2.75) is 6.18 Å². The summed E-state index contributed by atoms with van der Waals surface area (Å²) in [6.07, 6.45) is -4.51. The third-order valence-corrected chi connectivity index (χ3v) is 2.11. The zero-order valence-corrected chi connectivity index (χ0v) is 8.75. The van der Waals surface area contributed by atoms with Crippen molar-refractivity contribution in [2.24, 2.45) is 0 Å². The molecule has 5 nitrogen and oxygen atoms in total. The lowest BCUT2D eigenvalue weighted by molar-refractivity contribution is -0.141. The number of nitrogens with zero attached hydrogens (tertiary/aromatic N) is 3. The second kappa shape index (κ2) is 5.21. The molecule has 1 aromatic heterocycles. The Bertz CT molecular complexity index is 341. The number of hydrogen-bond donors (Lipinski definition) is 1. The van der Waals surface area contributed by atoms with Gasteiger partial charge in [0, 0.05) is 11.9 Å². The van der Waals surface area contributed by atoms with Gasteiger partial charge in [-0.2, -0.15) is 13.2 Å². The quantitative estimate of drug-likeness (QED) is 0.852. The third-order valence-electron chi connectivity index (χ3n) is 1.61. The van der Waals surface area contributed by atoms with E-state index in [1.807, 2.05) is 0 Å². The molecule has 1 N–H and O–H groups in total. The molecule has 9 heteroatoms. The predicted octanol–water partition coefficient (Wildman–Crippen LogP) is 0.535. The molecule has 0 saturated heterocycles. The van der Waals surface area contributed by atoms with Crippen LogP contribution in [0.5, 0.6) is 0 Å². The molecule has 0 saturated carbocycles. The minimum Gasteiger partial charge on any atom is -0.395 e. The second-order valence-corrected chi connectivity index (χ2v) is 3.47. The van der Waals surface area contributed by atoms with Gasteiger partial charge in [-0.1, -0.05) is 4.49 Å².